The van der Waals surface area contributed by atoms with Crippen molar-refractivity contribution in [3.05, 3.63) is 91.9 Å². The average Bonchev–Trinajstić information content (AvgIpc) is 2.98. The van der Waals surface area contributed by atoms with Crippen LogP contribution in [0.4, 0.5) is 14.6 Å². The van der Waals surface area contributed by atoms with Gasteiger partial charge in [0.25, 0.3) is 0 Å². The van der Waals surface area contributed by atoms with Gasteiger partial charge in [-0.05, 0) is 65.8 Å². The van der Waals surface area contributed by atoms with Crippen LogP contribution < -0.4 is 15.3 Å². The first kappa shape index (κ1) is 27.4. The number of ether oxygens (including phenoxy) is 1. The Morgan fingerprint density at radius 1 is 1.20 bits per heavy atom. The first-order chi connectivity index (χ1) is 19.7. The standard InChI is InChI=1S/C31H27F2IN4O3/c1-4-18-8-6-7-9-23(18)38-28-20(30(35-31(38)40)37-13-12-36(15-17(37)3)24(39)5-2)14-22(34)26-25-19(16-41-29(26)28)10-11-21(32)27(25)33/h5-11,14,17H,2,4,12-13,15-16H2,1,3H3/t17-/m0/s1. The minimum Gasteiger partial charge on any atom is -0.486 e. The maximum atomic E-state index is 15.4. The van der Waals surface area contributed by atoms with Gasteiger partial charge in [0, 0.05) is 51.3 Å². The lowest BCUT2D eigenvalue weighted by Gasteiger charge is -2.40. The van der Waals surface area contributed by atoms with Gasteiger partial charge in [-0.15, -0.1) is 0 Å². The van der Waals surface area contributed by atoms with Gasteiger partial charge in [0.05, 0.1) is 5.69 Å². The Morgan fingerprint density at radius 3 is 2.71 bits per heavy atom. The topological polar surface area (TPSA) is 67.7 Å². The molecular weight excluding hydrogens is 641 g/mol. The highest BCUT2D eigenvalue weighted by molar-refractivity contribution is 14.1. The zero-order valence-electron chi connectivity index (χ0n) is 22.6. The smallest absolute Gasteiger partial charge is 0.354 e. The minimum atomic E-state index is -0.947. The summed E-state index contributed by atoms with van der Waals surface area (Å²) in [6, 6.07) is 11.9. The van der Waals surface area contributed by atoms with Crippen LogP contribution in [-0.2, 0) is 17.8 Å². The van der Waals surface area contributed by atoms with Crippen LogP contribution in [0.15, 0.2) is 59.9 Å². The third-order valence-corrected chi connectivity index (χ3v) is 8.72. The first-order valence-electron chi connectivity index (χ1n) is 13.4. The SMILES string of the molecule is C=CC(=O)N1CCN(c2nc(=O)n(-c3ccccc3CC)c3c4c(c(I)cc23)-c2c(ccc(F)c2F)CO4)[C@@H](C)C1. The van der Waals surface area contributed by atoms with E-state index < -0.39 is 17.3 Å². The van der Waals surface area contributed by atoms with Gasteiger partial charge in [0.15, 0.2) is 17.4 Å². The van der Waals surface area contributed by atoms with Crippen LogP contribution in [0.3, 0.4) is 0 Å². The molecular formula is C31H27F2IN4O3. The molecule has 1 fully saturated rings. The quantitative estimate of drug-likeness (QED) is 0.209. The fourth-order valence-electron chi connectivity index (χ4n) is 5.88. The summed E-state index contributed by atoms with van der Waals surface area (Å²) < 4.78 is 38.3. The second kappa shape index (κ2) is 10.6. The predicted molar refractivity (Wildman–Crippen MR) is 163 cm³/mol. The van der Waals surface area contributed by atoms with E-state index in [1.165, 1.54) is 16.7 Å². The molecule has 0 aliphatic carbocycles. The van der Waals surface area contributed by atoms with Crippen molar-refractivity contribution in [3.8, 4) is 22.6 Å². The van der Waals surface area contributed by atoms with E-state index in [4.69, 9.17) is 4.74 Å². The molecule has 0 saturated carbocycles. The van der Waals surface area contributed by atoms with Crippen molar-refractivity contribution in [2.45, 2.75) is 32.9 Å². The first-order valence-corrected chi connectivity index (χ1v) is 14.5. The number of hydrogen-bond donors (Lipinski definition) is 0. The van der Waals surface area contributed by atoms with E-state index in [-0.39, 0.29) is 24.1 Å². The van der Waals surface area contributed by atoms with Gasteiger partial charge < -0.3 is 14.5 Å². The van der Waals surface area contributed by atoms with Crippen LogP contribution in [0, 0.1) is 15.2 Å². The van der Waals surface area contributed by atoms with E-state index in [1.54, 1.807) is 4.90 Å². The van der Waals surface area contributed by atoms with E-state index in [2.05, 4.69) is 34.2 Å². The molecule has 0 N–H and O–H groups in total. The number of nitrogens with zero attached hydrogens (tertiary/aromatic N) is 4. The van der Waals surface area contributed by atoms with Gasteiger partial charge in [0.1, 0.15) is 17.9 Å². The predicted octanol–water partition coefficient (Wildman–Crippen LogP) is 5.61. The number of carbonyl (C=O) groups is 1. The highest BCUT2D eigenvalue weighted by Gasteiger charge is 2.33. The van der Waals surface area contributed by atoms with Gasteiger partial charge in [-0.25, -0.2) is 13.6 Å². The van der Waals surface area contributed by atoms with Crippen molar-refractivity contribution in [1.82, 2.24) is 14.5 Å². The maximum Gasteiger partial charge on any atom is 0.354 e. The molecule has 0 unspecified atom stereocenters. The van der Waals surface area contributed by atoms with E-state index in [9.17, 15) is 14.0 Å². The molecule has 1 aromatic heterocycles. The Balaban J connectivity index is 1.68. The zero-order valence-corrected chi connectivity index (χ0v) is 24.7. The fraction of sp³-hybridized carbons (Fsp3) is 0.258. The second-order valence-corrected chi connectivity index (χ2v) is 11.4. The van der Waals surface area contributed by atoms with E-state index >= 15 is 4.39 Å². The van der Waals surface area contributed by atoms with Crippen molar-refractivity contribution in [2.75, 3.05) is 24.5 Å². The van der Waals surface area contributed by atoms with Crippen LogP contribution >= 0.6 is 22.6 Å². The third-order valence-electron chi connectivity index (χ3n) is 7.87. The molecule has 6 rings (SSSR count). The van der Waals surface area contributed by atoms with Crippen LogP contribution in [0.5, 0.6) is 5.75 Å². The number of fused-ring (bicyclic) bond motifs is 5. The van der Waals surface area contributed by atoms with Crippen molar-refractivity contribution in [1.29, 1.82) is 0 Å². The Bertz CT molecular complexity index is 1810. The minimum absolute atomic E-state index is 0.0226. The molecule has 1 atom stereocenters. The molecule has 2 aliphatic rings. The third kappa shape index (κ3) is 4.39. The number of rotatable bonds is 4. The van der Waals surface area contributed by atoms with Crippen molar-refractivity contribution < 1.29 is 18.3 Å². The van der Waals surface area contributed by atoms with Crippen molar-refractivity contribution in [2.24, 2.45) is 0 Å². The molecule has 1 saturated heterocycles. The molecule has 210 valence electrons. The zero-order chi connectivity index (χ0) is 29.0. The number of para-hydroxylation sites is 1. The molecule has 3 heterocycles. The Hall–Kier alpha value is -3.80. The van der Waals surface area contributed by atoms with Crippen molar-refractivity contribution in [3.63, 3.8) is 0 Å². The highest BCUT2D eigenvalue weighted by atomic mass is 127. The molecule has 1 amide bonds. The van der Waals surface area contributed by atoms with E-state index in [0.29, 0.717) is 68.9 Å². The summed E-state index contributed by atoms with van der Waals surface area (Å²) in [4.78, 5) is 34.6. The average molecular weight is 668 g/mol. The number of piperazine rings is 1. The number of anilines is 1. The lowest BCUT2D eigenvalue weighted by Crippen LogP contribution is -2.54. The largest absolute Gasteiger partial charge is 0.486 e. The Kier molecular flexibility index (Phi) is 7.04. The van der Waals surface area contributed by atoms with Crippen LogP contribution in [-0.4, -0.2) is 46.0 Å². The number of amides is 1. The monoisotopic (exact) mass is 668 g/mol. The molecule has 41 heavy (non-hydrogen) atoms. The van der Waals surface area contributed by atoms with Crippen LogP contribution in [0.1, 0.15) is 25.0 Å². The molecule has 10 heteroatoms. The number of halogens is 3. The van der Waals surface area contributed by atoms with Gasteiger partial charge in [-0.1, -0.05) is 37.8 Å². The second-order valence-electron chi connectivity index (χ2n) is 10.2. The molecule has 4 aromatic rings. The van der Waals surface area contributed by atoms with Crippen molar-refractivity contribution >= 4 is 45.2 Å². The number of aromatic nitrogens is 2. The van der Waals surface area contributed by atoms with Gasteiger partial charge in [-0.3, -0.25) is 9.36 Å². The van der Waals surface area contributed by atoms with E-state index in [0.717, 1.165) is 11.6 Å². The molecule has 0 bridgehead atoms. The lowest BCUT2D eigenvalue weighted by atomic mass is 9.94. The summed E-state index contributed by atoms with van der Waals surface area (Å²) in [5.74, 6) is -1.27. The van der Waals surface area contributed by atoms with Gasteiger partial charge in [0.2, 0.25) is 5.91 Å². The highest BCUT2D eigenvalue weighted by Crippen LogP contribution is 2.48. The fourth-order valence-corrected chi connectivity index (χ4v) is 6.71. The summed E-state index contributed by atoms with van der Waals surface area (Å²) >= 11 is 2.11. The summed E-state index contributed by atoms with van der Waals surface area (Å²) in [6.45, 7) is 8.93. The Morgan fingerprint density at radius 2 is 1.98 bits per heavy atom. The van der Waals surface area contributed by atoms with Gasteiger partial charge in [-0.2, -0.15) is 4.98 Å². The summed E-state index contributed by atoms with van der Waals surface area (Å²) in [5.41, 5.74) is 2.59. The van der Waals surface area contributed by atoms with E-state index in [1.807, 2.05) is 49.1 Å². The number of hydrogen-bond acceptors (Lipinski definition) is 5. The normalized spacial score (nSPS) is 16.3. The summed E-state index contributed by atoms with van der Waals surface area (Å²) in [7, 11) is 0. The number of benzene rings is 3. The molecule has 7 nitrogen and oxygen atoms in total. The molecule has 0 spiro atoms. The number of aryl methyl sites for hydroxylation is 1. The molecule has 3 aromatic carbocycles. The maximum absolute atomic E-state index is 15.4. The lowest BCUT2D eigenvalue weighted by molar-refractivity contribution is -0.126. The van der Waals surface area contributed by atoms with Crippen LogP contribution in [0.2, 0.25) is 0 Å². The Labute approximate surface area is 249 Å². The summed E-state index contributed by atoms with van der Waals surface area (Å²) in [5, 5.41) is 0.647. The van der Waals surface area contributed by atoms with Crippen LogP contribution in [0.25, 0.3) is 27.7 Å². The van der Waals surface area contributed by atoms with Gasteiger partial charge >= 0.3 is 5.69 Å². The summed E-state index contributed by atoms with van der Waals surface area (Å²) in [6.07, 6.45) is 1.96. The molecule has 0 radical (unpaired) electrons. The number of carbonyl (C=O) groups excluding carboxylic acids is 1. The molecule has 2 aliphatic heterocycles.